The van der Waals surface area contributed by atoms with E-state index in [1.54, 1.807) is 91.5 Å². The number of para-hydroxylation sites is 4. The van der Waals surface area contributed by atoms with E-state index in [4.69, 9.17) is 48.4 Å². The molecule has 4 atom stereocenters. The number of nitrogens with one attached hydrogen (secondary N) is 2. The summed E-state index contributed by atoms with van der Waals surface area (Å²) in [5, 5.41) is 6.23. The van der Waals surface area contributed by atoms with Crippen molar-refractivity contribution < 1.29 is 57.2 Å². The highest BCUT2D eigenvalue weighted by Crippen LogP contribution is 2.47. The van der Waals surface area contributed by atoms with Gasteiger partial charge in [-0.1, -0.05) is 116 Å². The zero-order valence-electron chi connectivity index (χ0n) is 70.5. The zero-order valence-corrected chi connectivity index (χ0v) is 73.8. The zero-order chi connectivity index (χ0) is 86.2. The third-order valence-corrected chi connectivity index (χ3v) is 28.7. The third-order valence-electron chi connectivity index (χ3n) is 23.3. The molecule has 124 heavy (non-hydrogen) atoms. The van der Waals surface area contributed by atoms with Gasteiger partial charge in [0.2, 0.25) is 11.8 Å². The maximum atomic E-state index is 14.0. The summed E-state index contributed by atoms with van der Waals surface area (Å²) >= 11 is 0. The molecular weight excluding hydrogens is 1640 g/mol. The molecule has 18 rings (SSSR count). The maximum Gasteiger partial charge on any atom is 0.261 e. The lowest BCUT2D eigenvalue weighted by molar-refractivity contribution is -0.117. The first-order valence-electron chi connectivity index (χ1n) is 41.3. The van der Waals surface area contributed by atoms with Crippen molar-refractivity contribution in [3.05, 3.63) is 260 Å². The molecule has 0 spiro atoms. The molecule has 632 valence electrons. The summed E-state index contributed by atoms with van der Waals surface area (Å²) in [6, 6.07) is 57.0. The number of aryl methyl sites for hydroxylation is 2. The van der Waals surface area contributed by atoms with Crippen LogP contribution in [0.5, 0.6) is 34.5 Å². The van der Waals surface area contributed by atoms with Gasteiger partial charge in [0, 0.05) is 131 Å². The molecule has 0 unspecified atom stereocenters. The molecule has 26 heteroatoms. The van der Waals surface area contributed by atoms with Crippen LogP contribution in [-0.2, 0) is 61.7 Å². The van der Waals surface area contributed by atoms with Crippen molar-refractivity contribution >= 4 is 160 Å². The SMILES string of the molecule is COc1cc2c(cc1OCc1cc(COc3cc4c(cc3C)C(=O)N3c5ccccc5C[C@H]3C=N4)cc(NC(=O)CCC(C)(C)SSC)c1)N=C[C@@H]1Cc3ccccc3N1C2=O.COc1cc2c(cc1OCc1cc(COc3cc4c(cc3C)C(=O)N3c5ccccc5C[C@H]3C=N4)cc(NC(=O)CCC(C)(C)SSC)c1)N=C[C@@H]1Cc3ccccc3N1C2=O. The number of hydrogen-bond donors (Lipinski definition) is 2. The van der Waals surface area contributed by atoms with Crippen LogP contribution in [0.2, 0.25) is 0 Å². The number of hydrogen-bond acceptors (Lipinski definition) is 20. The number of amides is 6. The molecule has 0 radical (unpaired) electrons. The van der Waals surface area contributed by atoms with Crippen LogP contribution in [0, 0.1) is 13.8 Å². The number of aliphatic imine (C=N–C) groups is 4. The van der Waals surface area contributed by atoms with Crippen LogP contribution in [0.4, 0.5) is 56.9 Å². The summed E-state index contributed by atoms with van der Waals surface area (Å²) < 4.78 is 37.2. The number of anilines is 6. The van der Waals surface area contributed by atoms with Crippen LogP contribution in [0.1, 0.15) is 150 Å². The van der Waals surface area contributed by atoms with Crippen molar-refractivity contribution in [3.8, 4) is 34.5 Å². The Morgan fingerprint density at radius 1 is 0.379 bits per heavy atom. The van der Waals surface area contributed by atoms with Crippen molar-refractivity contribution in [1.82, 2.24) is 0 Å². The van der Waals surface area contributed by atoms with E-state index in [1.807, 2.05) is 207 Å². The van der Waals surface area contributed by atoms with E-state index in [0.717, 1.165) is 91.2 Å². The average Bonchev–Trinajstić information content (AvgIpc) is 1.62. The van der Waals surface area contributed by atoms with Crippen molar-refractivity contribution in [3.63, 3.8) is 0 Å². The second-order valence-electron chi connectivity index (χ2n) is 33.1. The fourth-order valence-corrected chi connectivity index (χ4v) is 21.7. The highest BCUT2D eigenvalue weighted by molar-refractivity contribution is 8.77. The van der Waals surface area contributed by atoms with E-state index in [9.17, 15) is 28.8 Å². The van der Waals surface area contributed by atoms with Crippen LogP contribution in [0.3, 0.4) is 0 Å². The van der Waals surface area contributed by atoms with Crippen molar-refractivity contribution in [1.29, 1.82) is 0 Å². The van der Waals surface area contributed by atoms with Gasteiger partial charge in [0.05, 0.1) is 83.4 Å². The molecule has 0 bridgehead atoms. The van der Waals surface area contributed by atoms with Crippen molar-refractivity contribution in [2.75, 3.05) is 57.0 Å². The predicted molar refractivity (Wildman–Crippen MR) is 500 cm³/mol. The van der Waals surface area contributed by atoms with Gasteiger partial charge in [-0.3, -0.25) is 68.3 Å². The fraction of sp³-hybridized carbons (Fsp3) is 0.286. The van der Waals surface area contributed by atoms with Gasteiger partial charge >= 0.3 is 0 Å². The van der Waals surface area contributed by atoms with Gasteiger partial charge in [-0.05, 0) is 207 Å². The first kappa shape index (κ1) is 84.1. The Hall–Kier alpha value is -12.1. The van der Waals surface area contributed by atoms with Gasteiger partial charge < -0.3 is 39.1 Å². The highest BCUT2D eigenvalue weighted by atomic mass is 33.1. The summed E-state index contributed by atoms with van der Waals surface area (Å²) in [6.07, 6.45) is 16.4. The minimum Gasteiger partial charge on any atom is -0.493 e. The quantitative estimate of drug-likeness (QED) is 0.0479. The van der Waals surface area contributed by atoms with Gasteiger partial charge in [-0.15, -0.1) is 0 Å². The van der Waals surface area contributed by atoms with Crippen LogP contribution in [-0.4, -0.2) is 121 Å². The lowest BCUT2D eigenvalue weighted by Crippen LogP contribution is -2.37. The van der Waals surface area contributed by atoms with E-state index >= 15 is 0 Å². The van der Waals surface area contributed by atoms with Crippen LogP contribution in [0.15, 0.2) is 202 Å². The summed E-state index contributed by atoms with van der Waals surface area (Å²) in [7, 11) is 10.00. The molecule has 2 N–H and O–H groups in total. The molecule has 6 amide bonds. The molecule has 22 nitrogen and oxygen atoms in total. The number of benzene rings is 10. The topological polar surface area (TPSA) is 244 Å². The van der Waals surface area contributed by atoms with Gasteiger partial charge in [0.25, 0.3) is 23.6 Å². The number of nitrogens with zero attached hydrogens (tertiary/aromatic N) is 8. The average molecular weight is 1730 g/mol. The Bertz CT molecular complexity index is 5720. The Labute approximate surface area is 736 Å². The van der Waals surface area contributed by atoms with Gasteiger partial charge in [-0.2, -0.15) is 0 Å². The maximum absolute atomic E-state index is 14.0. The first-order chi connectivity index (χ1) is 60.0. The van der Waals surface area contributed by atoms with E-state index in [-0.39, 0.29) is 95.5 Å². The monoisotopic (exact) mass is 1730 g/mol. The van der Waals surface area contributed by atoms with Crippen molar-refractivity contribution in [2.24, 2.45) is 20.0 Å². The molecule has 0 aromatic heterocycles. The molecule has 10 aromatic carbocycles. The number of rotatable bonds is 26. The molecule has 0 aliphatic carbocycles. The van der Waals surface area contributed by atoms with E-state index < -0.39 is 0 Å². The largest absolute Gasteiger partial charge is 0.493 e. The van der Waals surface area contributed by atoms with Crippen LogP contribution < -0.4 is 58.7 Å². The highest BCUT2D eigenvalue weighted by Gasteiger charge is 2.42. The predicted octanol–water partition coefficient (Wildman–Crippen LogP) is 20.5. The summed E-state index contributed by atoms with van der Waals surface area (Å²) in [4.78, 5) is 109. The molecule has 0 saturated carbocycles. The number of carbonyl (C=O) groups is 6. The number of ether oxygens (including phenoxy) is 6. The van der Waals surface area contributed by atoms with Crippen LogP contribution in [0.25, 0.3) is 0 Å². The second kappa shape index (κ2) is 35.6. The Morgan fingerprint density at radius 2 is 0.653 bits per heavy atom. The Kier molecular flexibility index (Phi) is 24.2. The molecule has 0 saturated heterocycles. The van der Waals surface area contributed by atoms with Crippen molar-refractivity contribution in [2.45, 2.75) is 153 Å². The molecule has 0 fully saturated rings. The minimum absolute atomic E-state index is 0.0607. The number of carbonyl (C=O) groups excluding carboxylic acids is 6. The fourth-order valence-electron chi connectivity index (χ4n) is 17.2. The summed E-state index contributed by atoms with van der Waals surface area (Å²) in [5.74, 6) is 2.25. The lowest BCUT2D eigenvalue weighted by atomic mass is 10.1. The number of methoxy groups -OCH3 is 2. The summed E-state index contributed by atoms with van der Waals surface area (Å²) in [5.41, 5.74) is 18.2. The van der Waals surface area contributed by atoms with E-state index in [0.29, 0.717) is 129 Å². The minimum atomic E-state index is -0.183. The van der Waals surface area contributed by atoms with Crippen LogP contribution >= 0.6 is 43.2 Å². The van der Waals surface area contributed by atoms with E-state index in [2.05, 4.69) is 50.5 Å². The Balaban J connectivity index is 0.000000176. The second-order valence-corrected chi connectivity index (χ2v) is 39.3. The van der Waals surface area contributed by atoms with Gasteiger partial charge in [0.1, 0.15) is 37.9 Å². The third kappa shape index (κ3) is 17.6. The normalized spacial score (nSPS) is 17.0. The molecule has 8 aliphatic rings. The molecule has 8 heterocycles. The number of fused-ring (bicyclic) bond motifs is 16. The first-order valence-corrected chi connectivity index (χ1v) is 46.4. The Morgan fingerprint density at radius 3 is 0.944 bits per heavy atom. The molecule has 10 aromatic rings. The lowest BCUT2D eigenvalue weighted by Gasteiger charge is -2.22. The summed E-state index contributed by atoms with van der Waals surface area (Å²) in [6.45, 7) is 13.0. The standard InChI is InChI=1S/2C49H47N5O6S2/c2*1-29-16-37-39(50-25-35-20-32-10-6-8-12-41(32)53(35)47(37)56)23-43(29)59-27-30-17-31(19-34(18-30)52-46(55)14-15-49(2,3)62-61-5)28-60-45-24-40-38(22-44(45)58-4)48(57)54-36(26-51-40)21-33-11-7-9-13-42(33)54/h2*6-13,16-19,22-26,35-36H,14-15,20-21,27-28H2,1-5H3,(H,52,55)/t2*35-,36-/m00/s1. The van der Waals surface area contributed by atoms with E-state index in [1.165, 1.54) is 0 Å². The van der Waals surface area contributed by atoms with Gasteiger partial charge in [0.15, 0.2) is 23.0 Å². The molecular formula is C98H94N10O12S4. The smallest absolute Gasteiger partial charge is 0.261 e. The van der Waals surface area contributed by atoms with Gasteiger partial charge in [-0.25, -0.2) is 0 Å². The molecule has 8 aliphatic heterocycles.